The molecule has 1 aliphatic rings. The predicted molar refractivity (Wildman–Crippen MR) is 119 cm³/mol. The Labute approximate surface area is 183 Å². The van der Waals surface area contributed by atoms with Crippen LogP contribution < -0.4 is 15.4 Å². The van der Waals surface area contributed by atoms with E-state index in [4.69, 9.17) is 14.1 Å². The molecule has 9 nitrogen and oxygen atoms in total. The maximum absolute atomic E-state index is 12.9. The summed E-state index contributed by atoms with van der Waals surface area (Å²) in [6.45, 7) is 0. The maximum Gasteiger partial charge on any atom is 0.317 e. The minimum Gasteiger partial charge on any atom is -0.481 e. The summed E-state index contributed by atoms with van der Waals surface area (Å²) >= 11 is 0. The largest absolute Gasteiger partial charge is 0.481 e. The highest BCUT2D eigenvalue weighted by molar-refractivity contribution is 6.19. The number of nitrogens with one attached hydrogen (secondary N) is 2. The van der Waals surface area contributed by atoms with Gasteiger partial charge in [0.25, 0.3) is 5.91 Å². The number of para-hydroxylation sites is 1. The number of ether oxygens (including phenoxy) is 1. The Balaban J connectivity index is 1.48. The van der Waals surface area contributed by atoms with Gasteiger partial charge in [0.1, 0.15) is 0 Å². The zero-order valence-electron chi connectivity index (χ0n) is 17.0. The zero-order valence-corrected chi connectivity index (χ0v) is 17.0. The Hall–Kier alpha value is -4.53. The fraction of sp³-hybridized carbons (Fsp3) is 0.0870. The quantitative estimate of drug-likeness (QED) is 0.503. The fourth-order valence-corrected chi connectivity index (χ4v) is 3.35. The van der Waals surface area contributed by atoms with Crippen LogP contribution in [0.25, 0.3) is 11.5 Å². The van der Waals surface area contributed by atoms with Crippen molar-refractivity contribution in [1.29, 1.82) is 0 Å². The van der Waals surface area contributed by atoms with E-state index in [1.165, 1.54) is 7.11 Å². The van der Waals surface area contributed by atoms with Crippen molar-refractivity contribution in [3.8, 4) is 17.3 Å². The molecule has 0 aliphatic carbocycles. The summed E-state index contributed by atoms with van der Waals surface area (Å²) < 4.78 is 10.8. The summed E-state index contributed by atoms with van der Waals surface area (Å²) in [7, 11) is 1.53. The van der Waals surface area contributed by atoms with Crippen LogP contribution in [0.5, 0.6) is 5.88 Å². The second-order valence-corrected chi connectivity index (χ2v) is 6.92. The van der Waals surface area contributed by atoms with Crippen LogP contribution in [0.3, 0.4) is 0 Å². The number of anilines is 2. The number of benzodiazepines with no additional fused rings is 1. The van der Waals surface area contributed by atoms with Crippen LogP contribution in [0, 0.1) is 0 Å². The first-order valence-electron chi connectivity index (χ1n) is 9.85. The van der Waals surface area contributed by atoms with Crippen molar-refractivity contribution in [3.63, 3.8) is 0 Å². The number of rotatable bonds is 5. The molecule has 1 aliphatic heterocycles. The van der Waals surface area contributed by atoms with Crippen molar-refractivity contribution >= 4 is 23.3 Å². The van der Waals surface area contributed by atoms with Gasteiger partial charge in [-0.1, -0.05) is 53.6 Å². The average Bonchev–Trinajstić information content (AvgIpc) is 3.26. The Kier molecular flexibility index (Phi) is 5.04. The Bertz CT molecular complexity index is 1300. The number of aromatic nitrogens is 3. The molecule has 1 amide bonds. The van der Waals surface area contributed by atoms with Gasteiger partial charge in [0.05, 0.1) is 18.5 Å². The molecule has 0 saturated heterocycles. The number of nitrogens with zero attached hydrogens (tertiary/aromatic N) is 4. The van der Waals surface area contributed by atoms with Gasteiger partial charge in [-0.3, -0.25) is 4.79 Å². The number of methoxy groups -OCH3 is 1. The van der Waals surface area contributed by atoms with Gasteiger partial charge in [0.2, 0.25) is 17.9 Å². The Morgan fingerprint density at radius 2 is 1.81 bits per heavy atom. The lowest BCUT2D eigenvalue weighted by Gasteiger charge is -2.11. The van der Waals surface area contributed by atoms with Crippen LogP contribution in [0.15, 0.2) is 82.3 Å². The molecular formula is C23H18N6O3. The van der Waals surface area contributed by atoms with Crippen molar-refractivity contribution in [2.45, 2.75) is 6.17 Å². The lowest BCUT2D eigenvalue weighted by atomic mass is 10.0. The summed E-state index contributed by atoms with van der Waals surface area (Å²) in [5.74, 6) is 0.347. The Morgan fingerprint density at radius 3 is 2.66 bits per heavy atom. The third kappa shape index (κ3) is 3.79. The molecule has 158 valence electrons. The van der Waals surface area contributed by atoms with Gasteiger partial charge in [0.15, 0.2) is 0 Å². The number of pyridine rings is 1. The van der Waals surface area contributed by atoms with E-state index in [-0.39, 0.29) is 17.8 Å². The molecule has 0 saturated carbocycles. The molecule has 9 heteroatoms. The first-order chi connectivity index (χ1) is 15.7. The topological polar surface area (TPSA) is 115 Å². The SMILES string of the molecule is COc1cc(-c2nnc(NC3N=C(c4ccccc4)c4ccccc4NC3=O)o2)ccn1. The molecule has 32 heavy (non-hydrogen) atoms. The number of hydrogen-bond acceptors (Lipinski definition) is 8. The molecule has 3 heterocycles. The standard InChI is InChI=1S/C23H18N6O3/c1-31-18-13-15(11-12-24-18)22-28-29-23(32-22)27-20-21(30)25-17-10-6-5-9-16(17)19(26-20)14-7-3-2-4-8-14/h2-13,20H,1H3,(H,25,30)(H,27,29). The van der Waals surface area contributed by atoms with Crippen LogP contribution in [0.1, 0.15) is 11.1 Å². The van der Waals surface area contributed by atoms with Crippen molar-refractivity contribution in [1.82, 2.24) is 15.2 Å². The molecule has 4 aromatic rings. The smallest absolute Gasteiger partial charge is 0.317 e. The number of aliphatic imine (C=N–C) groups is 1. The van der Waals surface area contributed by atoms with Gasteiger partial charge in [-0.05, 0) is 12.1 Å². The van der Waals surface area contributed by atoms with E-state index in [0.29, 0.717) is 22.8 Å². The van der Waals surface area contributed by atoms with E-state index < -0.39 is 6.17 Å². The molecule has 2 N–H and O–H groups in total. The molecule has 1 atom stereocenters. The average molecular weight is 426 g/mol. The van der Waals surface area contributed by atoms with Crippen molar-refractivity contribution in [3.05, 3.63) is 84.1 Å². The summed E-state index contributed by atoms with van der Waals surface area (Å²) in [4.78, 5) is 21.7. The van der Waals surface area contributed by atoms with E-state index in [0.717, 1.165) is 11.1 Å². The molecule has 2 aromatic carbocycles. The number of hydrogen-bond donors (Lipinski definition) is 2. The van der Waals surface area contributed by atoms with Gasteiger partial charge >= 0.3 is 6.01 Å². The Morgan fingerprint density at radius 1 is 1.00 bits per heavy atom. The minimum absolute atomic E-state index is 0.0676. The van der Waals surface area contributed by atoms with Crippen LogP contribution in [0.4, 0.5) is 11.7 Å². The number of fused-ring (bicyclic) bond motifs is 1. The molecule has 0 spiro atoms. The van der Waals surface area contributed by atoms with Gasteiger partial charge < -0.3 is 19.8 Å². The van der Waals surface area contributed by atoms with Gasteiger partial charge in [-0.15, -0.1) is 5.10 Å². The normalized spacial score (nSPS) is 15.2. The first kappa shape index (κ1) is 19.4. The van der Waals surface area contributed by atoms with Crippen LogP contribution in [0.2, 0.25) is 0 Å². The molecule has 0 bridgehead atoms. The van der Waals surface area contributed by atoms with E-state index in [9.17, 15) is 4.79 Å². The van der Waals surface area contributed by atoms with Gasteiger partial charge in [-0.2, -0.15) is 0 Å². The maximum atomic E-state index is 12.9. The number of carbonyl (C=O) groups is 1. The first-order valence-corrected chi connectivity index (χ1v) is 9.85. The monoisotopic (exact) mass is 426 g/mol. The van der Waals surface area contributed by atoms with Crippen molar-refractivity contribution < 1.29 is 13.9 Å². The highest BCUT2D eigenvalue weighted by Gasteiger charge is 2.27. The van der Waals surface area contributed by atoms with Crippen molar-refractivity contribution in [2.24, 2.45) is 4.99 Å². The molecular weight excluding hydrogens is 408 g/mol. The van der Waals surface area contributed by atoms with Crippen LogP contribution in [-0.2, 0) is 4.79 Å². The second kappa shape index (κ2) is 8.31. The highest BCUT2D eigenvalue weighted by Crippen LogP contribution is 2.26. The highest BCUT2D eigenvalue weighted by atomic mass is 16.5. The van der Waals surface area contributed by atoms with E-state index in [1.54, 1.807) is 18.3 Å². The fourth-order valence-electron chi connectivity index (χ4n) is 3.35. The van der Waals surface area contributed by atoms with Crippen molar-refractivity contribution in [2.75, 3.05) is 17.7 Å². The third-order valence-corrected chi connectivity index (χ3v) is 4.87. The summed E-state index contributed by atoms with van der Waals surface area (Å²) in [5, 5.41) is 13.9. The van der Waals surface area contributed by atoms with E-state index >= 15 is 0 Å². The minimum atomic E-state index is -0.974. The zero-order chi connectivity index (χ0) is 21.9. The van der Waals surface area contributed by atoms with E-state index in [1.807, 2.05) is 54.6 Å². The summed E-state index contributed by atoms with van der Waals surface area (Å²) in [6.07, 6.45) is 0.607. The number of carbonyl (C=O) groups excluding carboxylic acids is 1. The lowest BCUT2D eigenvalue weighted by molar-refractivity contribution is -0.116. The second-order valence-electron chi connectivity index (χ2n) is 6.92. The molecule has 0 fully saturated rings. The van der Waals surface area contributed by atoms with E-state index in [2.05, 4.69) is 25.8 Å². The summed E-state index contributed by atoms with van der Waals surface area (Å²) in [6, 6.07) is 20.7. The number of benzene rings is 2. The molecule has 0 radical (unpaired) electrons. The van der Waals surface area contributed by atoms with Crippen LogP contribution >= 0.6 is 0 Å². The third-order valence-electron chi connectivity index (χ3n) is 4.87. The van der Waals surface area contributed by atoms with Crippen LogP contribution in [-0.4, -0.2) is 40.1 Å². The molecule has 1 unspecified atom stereocenters. The number of amides is 1. The van der Waals surface area contributed by atoms with Gasteiger partial charge in [-0.25, -0.2) is 9.98 Å². The van der Waals surface area contributed by atoms with Gasteiger partial charge in [0, 0.05) is 29.0 Å². The summed E-state index contributed by atoms with van der Waals surface area (Å²) in [5.41, 5.74) is 3.71. The molecule has 2 aromatic heterocycles. The lowest BCUT2D eigenvalue weighted by Crippen LogP contribution is -2.32. The predicted octanol–water partition coefficient (Wildman–Crippen LogP) is 3.37. The molecule has 5 rings (SSSR count).